The fourth-order valence-electron chi connectivity index (χ4n) is 5.95. The fourth-order valence-corrected chi connectivity index (χ4v) is 5.95. The summed E-state index contributed by atoms with van der Waals surface area (Å²) in [4.78, 5) is 15.4. The molecule has 1 spiro atoms. The van der Waals surface area contributed by atoms with E-state index in [0.717, 1.165) is 77.3 Å². The molecule has 0 bridgehead atoms. The number of anilines is 2. The number of hydrogen-bond acceptors (Lipinski definition) is 5. The molecule has 35 heavy (non-hydrogen) atoms. The molecule has 1 aromatic heterocycles. The van der Waals surface area contributed by atoms with Gasteiger partial charge in [0.25, 0.3) is 0 Å². The second-order valence-corrected chi connectivity index (χ2v) is 9.76. The van der Waals surface area contributed by atoms with Gasteiger partial charge >= 0.3 is 0 Å². The number of ether oxygens (including phenoxy) is 1. The van der Waals surface area contributed by atoms with Gasteiger partial charge in [-0.1, -0.05) is 24.3 Å². The molecule has 2 fully saturated rings. The van der Waals surface area contributed by atoms with Crippen molar-refractivity contribution in [3.8, 4) is 17.0 Å². The van der Waals surface area contributed by atoms with Gasteiger partial charge in [0.15, 0.2) is 0 Å². The minimum Gasteiger partial charge on any atom is -0.497 e. The molecule has 7 rings (SSSR count). The van der Waals surface area contributed by atoms with Gasteiger partial charge in [0.05, 0.1) is 23.7 Å². The van der Waals surface area contributed by atoms with E-state index in [1.54, 1.807) is 7.11 Å². The van der Waals surface area contributed by atoms with Crippen molar-refractivity contribution >= 4 is 28.2 Å². The SMILES string of the molecule is COc1ccc2c(c1)[C@]1(C[C@H]1c1ccc3c(-c4cccc(N5CCNCC5)c4)n[nH]c3c1)C(=O)N2. The average molecular weight is 466 g/mol. The maximum absolute atomic E-state index is 13.0. The number of fused-ring (bicyclic) bond motifs is 3. The second-order valence-electron chi connectivity index (χ2n) is 9.76. The third-order valence-electron chi connectivity index (χ3n) is 7.91. The first-order valence-electron chi connectivity index (χ1n) is 12.2. The van der Waals surface area contributed by atoms with Crippen LogP contribution in [-0.2, 0) is 10.2 Å². The van der Waals surface area contributed by atoms with Gasteiger partial charge in [-0.3, -0.25) is 9.89 Å². The number of methoxy groups -OCH3 is 1. The van der Waals surface area contributed by atoms with Crippen molar-refractivity contribution in [2.24, 2.45) is 0 Å². The van der Waals surface area contributed by atoms with Crippen molar-refractivity contribution in [1.82, 2.24) is 15.5 Å². The zero-order valence-electron chi connectivity index (χ0n) is 19.6. The van der Waals surface area contributed by atoms with Crippen LogP contribution in [-0.4, -0.2) is 49.4 Å². The van der Waals surface area contributed by atoms with Crippen molar-refractivity contribution in [1.29, 1.82) is 0 Å². The first-order chi connectivity index (χ1) is 17.2. The fraction of sp³-hybridized carbons (Fsp3) is 0.286. The third kappa shape index (κ3) is 3.08. The summed E-state index contributed by atoms with van der Waals surface area (Å²) >= 11 is 0. The van der Waals surface area contributed by atoms with Gasteiger partial charge in [0, 0.05) is 54.4 Å². The summed E-state index contributed by atoms with van der Waals surface area (Å²) in [5, 5.41) is 15.5. The Bertz CT molecular complexity index is 1470. The molecule has 7 heteroatoms. The van der Waals surface area contributed by atoms with Gasteiger partial charge in [-0.05, 0) is 53.9 Å². The quantitative estimate of drug-likeness (QED) is 0.424. The monoisotopic (exact) mass is 465 g/mol. The number of carbonyl (C=O) groups excluding carboxylic acids is 1. The Morgan fingerprint density at radius 1 is 1.06 bits per heavy atom. The Balaban J connectivity index is 1.21. The first kappa shape index (κ1) is 20.5. The summed E-state index contributed by atoms with van der Waals surface area (Å²) in [6, 6.07) is 20.9. The molecule has 3 heterocycles. The highest BCUT2D eigenvalue weighted by Gasteiger charge is 2.65. The van der Waals surface area contributed by atoms with Crippen LogP contribution in [0.15, 0.2) is 60.7 Å². The summed E-state index contributed by atoms with van der Waals surface area (Å²) in [6.45, 7) is 4.05. The number of rotatable bonds is 4. The highest BCUT2D eigenvalue weighted by Crippen LogP contribution is 2.65. The van der Waals surface area contributed by atoms with Crippen LogP contribution in [0.2, 0.25) is 0 Å². The number of piperazine rings is 1. The van der Waals surface area contributed by atoms with Crippen LogP contribution in [0.1, 0.15) is 23.5 Å². The van der Waals surface area contributed by atoms with E-state index in [1.807, 2.05) is 18.2 Å². The molecule has 7 nitrogen and oxygen atoms in total. The van der Waals surface area contributed by atoms with Crippen molar-refractivity contribution in [3.05, 3.63) is 71.8 Å². The lowest BCUT2D eigenvalue weighted by atomic mass is 9.91. The summed E-state index contributed by atoms with van der Waals surface area (Å²) < 4.78 is 5.43. The lowest BCUT2D eigenvalue weighted by Crippen LogP contribution is -2.43. The van der Waals surface area contributed by atoms with Crippen LogP contribution >= 0.6 is 0 Å². The Morgan fingerprint density at radius 2 is 1.94 bits per heavy atom. The minimum absolute atomic E-state index is 0.0841. The van der Waals surface area contributed by atoms with Gasteiger partial charge in [-0.25, -0.2) is 0 Å². The molecule has 3 aromatic carbocycles. The first-order valence-corrected chi connectivity index (χ1v) is 12.2. The summed E-state index contributed by atoms with van der Waals surface area (Å²) in [6.07, 6.45) is 0.804. The molecule has 1 amide bonds. The smallest absolute Gasteiger partial charge is 0.235 e. The van der Waals surface area contributed by atoms with E-state index in [1.165, 1.54) is 5.69 Å². The van der Waals surface area contributed by atoms with Crippen LogP contribution in [0.25, 0.3) is 22.2 Å². The van der Waals surface area contributed by atoms with E-state index in [4.69, 9.17) is 4.74 Å². The predicted molar refractivity (Wildman–Crippen MR) is 137 cm³/mol. The second kappa shape index (κ2) is 7.58. The molecule has 0 unspecified atom stereocenters. The van der Waals surface area contributed by atoms with Gasteiger partial charge in [-0.2, -0.15) is 5.10 Å². The number of benzene rings is 3. The van der Waals surface area contributed by atoms with Crippen molar-refractivity contribution < 1.29 is 9.53 Å². The molecule has 3 N–H and O–H groups in total. The maximum atomic E-state index is 13.0. The molecule has 1 aliphatic carbocycles. The number of aromatic amines is 1. The molecule has 1 saturated carbocycles. The molecule has 3 aliphatic rings. The third-order valence-corrected chi connectivity index (χ3v) is 7.91. The van der Waals surface area contributed by atoms with Crippen molar-refractivity contribution in [2.45, 2.75) is 17.8 Å². The molecule has 2 atom stereocenters. The van der Waals surface area contributed by atoms with Crippen LogP contribution in [0.3, 0.4) is 0 Å². The van der Waals surface area contributed by atoms with E-state index >= 15 is 0 Å². The van der Waals surface area contributed by atoms with Crippen molar-refractivity contribution in [3.63, 3.8) is 0 Å². The zero-order chi connectivity index (χ0) is 23.6. The van der Waals surface area contributed by atoms with Crippen LogP contribution in [0, 0.1) is 0 Å². The predicted octanol–water partition coefficient (Wildman–Crippen LogP) is 4.03. The number of aromatic nitrogens is 2. The Morgan fingerprint density at radius 3 is 2.80 bits per heavy atom. The van der Waals surface area contributed by atoms with Gasteiger partial charge in [0.1, 0.15) is 5.75 Å². The molecule has 4 aromatic rings. The number of H-pyrrole nitrogens is 1. The molecular weight excluding hydrogens is 438 g/mol. The summed E-state index contributed by atoms with van der Waals surface area (Å²) in [7, 11) is 1.66. The maximum Gasteiger partial charge on any atom is 0.235 e. The standard InChI is InChI=1S/C28H27N5O2/c1-35-20-6-8-24-22(15-20)28(27(34)30-24)16-23(28)17-5-7-21-25(14-17)31-32-26(21)18-3-2-4-19(13-18)33-11-9-29-10-12-33/h2-8,13-15,23,29H,9-12,16H2,1H3,(H,30,34)(H,31,32)/t23-,28-/m0/s1. The van der Waals surface area contributed by atoms with E-state index < -0.39 is 5.41 Å². The molecular formula is C28H27N5O2. The topological polar surface area (TPSA) is 82.3 Å². The van der Waals surface area contributed by atoms with Gasteiger partial charge < -0.3 is 20.3 Å². The number of amides is 1. The molecule has 0 radical (unpaired) electrons. The van der Waals surface area contributed by atoms with Crippen LogP contribution in [0.4, 0.5) is 11.4 Å². The van der Waals surface area contributed by atoms with Crippen LogP contribution in [0.5, 0.6) is 5.75 Å². The number of nitrogens with zero attached hydrogens (tertiary/aromatic N) is 2. The Labute approximate surface area is 203 Å². The Hall–Kier alpha value is -3.84. The highest BCUT2D eigenvalue weighted by atomic mass is 16.5. The molecule has 1 saturated heterocycles. The van der Waals surface area contributed by atoms with Crippen molar-refractivity contribution in [2.75, 3.05) is 43.5 Å². The Kier molecular flexibility index (Phi) is 4.45. The molecule has 176 valence electrons. The number of hydrogen-bond donors (Lipinski definition) is 3. The lowest BCUT2D eigenvalue weighted by Gasteiger charge is -2.29. The minimum atomic E-state index is -0.502. The van der Waals surface area contributed by atoms with Gasteiger partial charge in [0.2, 0.25) is 5.91 Å². The van der Waals surface area contributed by atoms with E-state index in [-0.39, 0.29) is 11.8 Å². The largest absolute Gasteiger partial charge is 0.497 e. The summed E-state index contributed by atoms with van der Waals surface area (Å²) in [5.41, 5.74) is 6.90. The highest BCUT2D eigenvalue weighted by molar-refractivity contribution is 6.10. The number of carbonyl (C=O) groups is 1. The normalized spacial score (nSPS) is 22.9. The number of nitrogens with one attached hydrogen (secondary N) is 3. The summed E-state index contributed by atoms with van der Waals surface area (Å²) in [5.74, 6) is 1.01. The van der Waals surface area contributed by atoms with Gasteiger partial charge in [-0.15, -0.1) is 0 Å². The lowest BCUT2D eigenvalue weighted by molar-refractivity contribution is -0.118. The van der Waals surface area contributed by atoms with E-state index in [9.17, 15) is 4.79 Å². The van der Waals surface area contributed by atoms with Crippen LogP contribution < -0.4 is 20.3 Å². The average Bonchev–Trinajstić information content (AvgIpc) is 3.43. The van der Waals surface area contributed by atoms with E-state index in [2.05, 4.69) is 68.2 Å². The molecule has 2 aliphatic heterocycles. The van der Waals surface area contributed by atoms with E-state index in [0.29, 0.717) is 0 Å². The zero-order valence-corrected chi connectivity index (χ0v) is 19.6.